The van der Waals surface area contributed by atoms with Gasteiger partial charge in [-0.3, -0.25) is 25.1 Å². The molecule has 0 atom stereocenters. The molecule has 4 rings (SSSR count). The van der Waals surface area contributed by atoms with Crippen LogP contribution in [0.2, 0.25) is 0 Å². The van der Waals surface area contributed by atoms with Gasteiger partial charge in [-0.25, -0.2) is 14.3 Å². The molecule has 0 unspecified atom stereocenters. The van der Waals surface area contributed by atoms with E-state index in [0.29, 0.717) is 11.2 Å². The van der Waals surface area contributed by atoms with Gasteiger partial charge in [-0.1, -0.05) is 18.2 Å². The van der Waals surface area contributed by atoms with E-state index in [9.17, 15) is 19.7 Å². The second kappa shape index (κ2) is 7.82. The number of carbonyl (C=O) groups excluding carboxylic acids is 1. The highest BCUT2D eigenvalue weighted by molar-refractivity contribution is 5.86. The van der Waals surface area contributed by atoms with E-state index < -0.39 is 16.4 Å². The lowest BCUT2D eigenvalue weighted by Gasteiger charge is -2.09. The number of nitrogens with one attached hydrogen (secondary N) is 1. The summed E-state index contributed by atoms with van der Waals surface area (Å²) in [6.07, 6.45) is 2.60. The van der Waals surface area contributed by atoms with E-state index in [0.717, 1.165) is 21.5 Å². The molecule has 0 fully saturated rings. The van der Waals surface area contributed by atoms with Crippen LogP contribution in [0, 0.1) is 24.0 Å². The van der Waals surface area contributed by atoms with Crippen LogP contribution in [0.4, 0.5) is 5.69 Å². The van der Waals surface area contributed by atoms with Crippen molar-refractivity contribution in [3.8, 4) is 5.69 Å². The maximum absolute atomic E-state index is 12.8. The molecule has 1 N–H and O–H groups in total. The first kappa shape index (κ1) is 20.0. The smallest absolute Gasteiger partial charge is 0.273 e. The molecule has 0 aliphatic carbocycles. The van der Waals surface area contributed by atoms with E-state index in [2.05, 4.69) is 15.5 Å². The van der Waals surface area contributed by atoms with E-state index in [1.807, 2.05) is 32.0 Å². The zero-order chi connectivity index (χ0) is 22.1. The van der Waals surface area contributed by atoms with Gasteiger partial charge in [0.1, 0.15) is 11.7 Å². The van der Waals surface area contributed by atoms with Gasteiger partial charge in [0.15, 0.2) is 5.65 Å². The molecule has 2 aromatic heterocycles. The van der Waals surface area contributed by atoms with Gasteiger partial charge in [0.25, 0.3) is 11.2 Å². The van der Waals surface area contributed by atoms with Gasteiger partial charge in [0.2, 0.25) is 5.91 Å². The van der Waals surface area contributed by atoms with Crippen molar-refractivity contribution < 1.29 is 9.72 Å². The lowest BCUT2D eigenvalue weighted by atomic mass is 10.1. The highest BCUT2D eigenvalue weighted by Gasteiger charge is 2.14. The van der Waals surface area contributed by atoms with E-state index >= 15 is 0 Å². The minimum atomic E-state index is -0.512. The third-order valence-electron chi connectivity index (χ3n) is 4.98. The predicted molar refractivity (Wildman–Crippen MR) is 114 cm³/mol. The fourth-order valence-corrected chi connectivity index (χ4v) is 3.13. The SMILES string of the molecule is Cc1ccc(-n2ncc3c(=O)n(NC(=O)Cc4ccc([N+](=O)[O-])cc4)cnc32)cc1C. The van der Waals surface area contributed by atoms with Crippen LogP contribution < -0.4 is 11.0 Å². The number of nitro benzene ring substituents is 1. The quantitative estimate of drug-likeness (QED) is 0.392. The topological polar surface area (TPSA) is 125 Å². The number of fused-ring (bicyclic) bond motifs is 1. The third-order valence-corrected chi connectivity index (χ3v) is 4.98. The molecule has 10 nitrogen and oxygen atoms in total. The number of nitrogens with zero attached hydrogens (tertiary/aromatic N) is 5. The number of aromatic nitrogens is 4. The van der Waals surface area contributed by atoms with E-state index in [1.54, 1.807) is 4.68 Å². The zero-order valence-corrected chi connectivity index (χ0v) is 16.8. The molecule has 0 spiro atoms. The molecule has 4 aromatic rings. The van der Waals surface area contributed by atoms with Crippen molar-refractivity contribution in [3.05, 3.63) is 92.1 Å². The van der Waals surface area contributed by atoms with Gasteiger partial charge in [0.05, 0.1) is 23.2 Å². The molecule has 0 saturated carbocycles. The molecule has 0 bridgehead atoms. The normalized spacial score (nSPS) is 10.9. The largest absolute Gasteiger partial charge is 0.283 e. The number of benzene rings is 2. The number of hydrogen-bond acceptors (Lipinski definition) is 6. The van der Waals surface area contributed by atoms with Crippen molar-refractivity contribution in [1.29, 1.82) is 0 Å². The van der Waals surface area contributed by atoms with Crippen molar-refractivity contribution in [2.75, 3.05) is 5.43 Å². The van der Waals surface area contributed by atoms with Crippen LogP contribution in [-0.2, 0) is 11.2 Å². The molecule has 0 saturated heterocycles. The number of rotatable bonds is 5. The molecule has 31 heavy (non-hydrogen) atoms. The van der Waals surface area contributed by atoms with Gasteiger partial charge >= 0.3 is 0 Å². The number of hydrogen-bond donors (Lipinski definition) is 1. The van der Waals surface area contributed by atoms with Gasteiger partial charge in [-0.2, -0.15) is 5.10 Å². The average Bonchev–Trinajstić information content (AvgIpc) is 3.17. The van der Waals surface area contributed by atoms with Gasteiger partial charge in [0, 0.05) is 12.1 Å². The second-order valence-electron chi connectivity index (χ2n) is 7.12. The van der Waals surface area contributed by atoms with E-state index in [-0.39, 0.29) is 17.5 Å². The minimum Gasteiger partial charge on any atom is -0.273 e. The van der Waals surface area contributed by atoms with E-state index in [4.69, 9.17) is 0 Å². The summed E-state index contributed by atoms with van der Waals surface area (Å²) in [7, 11) is 0. The molecule has 2 heterocycles. The monoisotopic (exact) mass is 418 g/mol. The predicted octanol–water partition coefficient (Wildman–Crippen LogP) is 2.42. The van der Waals surface area contributed by atoms with E-state index in [1.165, 1.54) is 36.8 Å². The highest BCUT2D eigenvalue weighted by Crippen LogP contribution is 2.17. The van der Waals surface area contributed by atoms with Crippen LogP contribution >= 0.6 is 0 Å². The van der Waals surface area contributed by atoms with Crippen LogP contribution in [0.15, 0.2) is 59.8 Å². The Morgan fingerprint density at radius 2 is 1.87 bits per heavy atom. The van der Waals surface area contributed by atoms with Gasteiger partial charge in [-0.05, 0) is 42.7 Å². The third kappa shape index (κ3) is 3.90. The summed E-state index contributed by atoms with van der Waals surface area (Å²) in [5.41, 5.74) is 5.94. The molecular formula is C21H18N6O4. The summed E-state index contributed by atoms with van der Waals surface area (Å²) >= 11 is 0. The molecular weight excluding hydrogens is 400 g/mol. The van der Waals surface area contributed by atoms with Crippen LogP contribution in [-0.4, -0.2) is 30.3 Å². The van der Waals surface area contributed by atoms with Crippen molar-refractivity contribution in [3.63, 3.8) is 0 Å². The highest BCUT2D eigenvalue weighted by atomic mass is 16.6. The van der Waals surface area contributed by atoms with Crippen LogP contribution in [0.3, 0.4) is 0 Å². The van der Waals surface area contributed by atoms with Crippen LogP contribution in [0.5, 0.6) is 0 Å². The first-order chi connectivity index (χ1) is 14.8. The molecule has 1 amide bonds. The van der Waals surface area contributed by atoms with Crippen molar-refractivity contribution >= 4 is 22.6 Å². The standard InChI is InChI=1S/C21H18N6O4/c1-13-3-6-17(9-14(13)2)26-20-18(11-23-26)21(29)25(12-22-20)24-19(28)10-15-4-7-16(8-5-15)27(30)31/h3-9,11-12H,10H2,1-2H3,(H,24,28). The average molecular weight is 418 g/mol. The Labute approximate surface area is 175 Å². The lowest BCUT2D eigenvalue weighted by molar-refractivity contribution is -0.384. The zero-order valence-electron chi connectivity index (χ0n) is 16.8. The number of nitro groups is 1. The molecule has 10 heteroatoms. The van der Waals surface area contributed by atoms with Crippen LogP contribution in [0.1, 0.15) is 16.7 Å². The second-order valence-corrected chi connectivity index (χ2v) is 7.12. The number of amides is 1. The lowest BCUT2D eigenvalue weighted by Crippen LogP contribution is -2.34. The Hall–Kier alpha value is -4.34. The Kier molecular flexibility index (Phi) is 5.04. The van der Waals surface area contributed by atoms with Crippen molar-refractivity contribution in [2.24, 2.45) is 0 Å². The summed E-state index contributed by atoms with van der Waals surface area (Å²) in [4.78, 5) is 39.6. The maximum atomic E-state index is 12.8. The molecule has 0 radical (unpaired) electrons. The molecule has 0 aliphatic heterocycles. The summed E-state index contributed by atoms with van der Waals surface area (Å²) in [6, 6.07) is 11.5. The number of non-ortho nitro benzene ring substituents is 1. The van der Waals surface area contributed by atoms with Crippen molar-refractivity contribution in [2.45, 2.75) is 20.3 Å². The molecule has 2 aromatic carbocycles. The fraction of sp³-hybridized carbons (Fsp3) is 0.143. The molecule has 0 aliphatic rings. The summed E-state index contributed by atoms with van der Waals surface area (Å²) in [5.74, 6) is -0.460. The summed E-state index contributed by atoms with van der Waals surface area (Å²) < 4.78 is 2.58. The maximum Gasteiger partial charge on any atom is 0.283 e. The first-order valence-electron chi connectivity index (χ1n) is 9.39. The number of carbonyl (C=O) groups is 1. The summed E-state index contributed by atoms with van der Waals surface area (Å²) in [5, 5.41) is 15.3. The minimum absolute atomic E-state index is 0.0512. The molecule has 156 valence electrons. The Morgan fingerprint density at radius 1 is 1.13 bits per heavy atom. The van der Waals surface area contributed by atoms with Crippen LogP contribution in [0.25, 0.3) is 16.7 Å². The first-order valence-corrected chi connectivity index (χ1v) is 9.39. The van der Waals surface area contributed by atoms with Crippen molar-refractivity contribution in [1.82, 2.24) is 19.4 Å². The Morgan fingerprint density at radius 3 is 2.55 bits per heavy atom. The van der Waals surface area contributed by atoms with Gasteiger partial charge < -0.3 is 0 Å². The Bertz CT molecular complexity index is 1370. The van der Waals surface area contributed by atoms with Gasteiger partial charge in [-0.15, -0.1) is 0 Å². The number of aryl methyl sites for hydroxylation is 2. The fourth-order valence-electron chi connectivity index (χ4n) is 3.13. The summed E-state index contributed by atoms with van der Waals surface area (Å²) in [6.45, 7) is 4.00. The Balaban J connectivity index is 1.57.